The Hall–Kier alpha value is -3.51. The highest BCUT2D eigenvalue weighted by Crippen LogP contribution is 2.37. The van der Waals surface area contributed by atoms with Gasteiger partial charge in [-0.15, -0.1) is 0 Å². The molecule has 0 amide bonds. The minimum absolute atomic E-state index is 0.136. The van der Waals surface area contributed by atoms with Crippen molar-refractivity contribution in [2.24, 2.45) is 0 Å². The first kappa shape index (κ1) is 18.5. The molecule has 0 radical (unpaired) electrons. The van der Waals surface area contributed by atoms with Crippen LogP contribution in [-0.4, -0.2) is 51.1 Å². The summed E-state index contributed by atoms with van der Waals surface area (Å²) >= 11 is 0. The lowest BCUT2D eigenvalue weighted by Gasteiger charge is -2.39. The summed E-state index contributed by atoms with van der Waals surface area (Å²) < 4.78 is 0. The fourth-order valence-corrected chi connectivity index (χ4v) is 4.20. The summed E-state index contributed by atoms with van der Waals surface area (Å²) in [6.45, 7) is 3.43. The van der Waals surface area contributed by atoms with Crippen molar-refractivity contribution in [1.82, 2.24) is 19.9 Å². The number of benzene rings is 1. The monoisotopic (exact) mass is 397 g/mol. The van der Waals surface area contributed by atoms with Crippen LogP contribution >= 0.6 is 0 Å². The summed E-state index contributed by atoms with van der Waals surface area (Å²) in [6, 6.07) is 19.7. The SMILES string of the molecule is Oc1c([C@@H](c2ccccn2)N2CCN(c3ccccn3)CC2)ccc2cccnc12. The van der Waals surface area contributed by atoms with E-state index in [1.54, 1.807) is 6.20 Å². The van der Waals surface area contributed by atoms with Crippen LogP contribution in [-0.2, 0) is 0 Å². The molecule has 1 N–H and O–H groups in total. The number of hydrogen-bond acceptors (Lipinski definition) is 6. The Morgan fingerprint density at radius 2 is 1.50 bits per heavy atom. The van der Waals surface area contributed by atoms with Crippen LogP contribution in [0.2, 0.25) is 0 Å². The van der Waals surface area contributed by atoms with E-state index in [9.17, 15) is 5.11 Å². The van der Waals surface area contributed by atoms with Gasteiger partial charge in [-0.05, 0) is 30.3 Å². The number of phenolic OH excluding ortho intramolecular Hbond substituents is 1. The Labute approximate surface area is 175 Å². The molecule has 0 saturated carbocycles. The van der Waals surface area contributed by atoms with E-state index < -0.39 is 0 Å². The van der Waals surface area contributed by atoms with Crippen LogP contribution in [0.5, 0.6) is 5.75 Å². The third-order valence-electron chi connectivity index (χ3n) is 5.69. The highest BCUT2D eigenvalue weighted by molar-refractivity contribution is 5.85. The maximum atomic E-state index is 11.1. The summed E-state index contributed by atoms with van der Waals surface area (Å²) in [4.78, 5) is 18.2. The molecule has 5 rings (SSSR count). The van der Waals surface area contributed by atoms with E-state index in [2.05, 4.69) is 24.8 Å². The van der Waals surface area contributed by atoms with Gasteiger partial charge >= 0.3 is 0 Å². The molecular weight excluding hydrogens is 374 g/mol. The molecule has 0 aliphatic carbocycles. The molecular formula is C24H23N5O. The molecule has 3 aromatic heterocycles. The van der Waals surface area contributed by atoms with Crippen LogP contribution in [0.25, 0.3) is 10.9 Å². The topological polar surface area (TPSA) is 65.4 Å². The van der Waals surface area contributed by atoms with Crippen molar-refractivity contribution < 1.29 is 5.11 Å². The largest absolute Gasteiger partial charge is 0.505 e. The van der Waals surface area contributed by atoms with E-state index in [0.29, 0.717) is 5.52 Å². The number of aromatic hydroxyl groups is 1. The Morgan fingerprint density at radius 1 is 0.733 bits per heavy atom. The first-order chi connectivity index (χ1) is 14.8. The van der Waals surface area contributed by atoms with Crippen LogP contribution in [0, 0.1) is 0 Å². The third-order valence-corrected chi connectivity index (χ3v) is 5.69. The van der Waals surface area contributed by atoms with Gasteiger partial charge in [0.2, 0.25) is 0 Å². The number of anilines is 1. The summed E-state index contributed by atoms with van der Waals surface area (Å²) in [5.41, 5.74) is 2.39. The van der Waals surface area contributed by atoms with Crippen molar-refractivity contribution in [3.63, 3.8) is 0 Å². The lowest BCUT2D eigenvalue weighted by atomic mass is 9.97. The lowest BCUT2D eigenvalue weighted by Crippen LogP contribution is -2.48. The van der Waals surface area contributed by atoms with E-state index in [4.69, 9.17) is 0 Å². The highest BCUT2D eigenvalue weighted by Gasteiger charge is 2.30. The van der Waals surface area contributed by atoms with E-state index in [-0.39, 0.29) is 11.8 Å². The van der Waals surface area contributed by atoms with Crippen molar-refractivity contribution in [1.29, 1.82) is 0 Å². The second-order valence-electron chi connectivity index (χ2n) is 7.45. The van der Waals surface area contributed by atoms with Crippen LogP contribution in [0.1, 0.15) is 17.3 Å². The van der Waals surface area contributed by atoms with Gasteiger partial charge < -0.3 is 10.0 Å². The maximum absolute atomic E-state index is 11.1. The number of fused-ring (bicyclic) bond motifs is 1. The van der Waals surface area contributed by atoms with Gasteiger partial charge in [0.15, 0.2) is 0 Å². The van der Waals surface area contributed by atoms with Gasteiger partial charge in [0, 0.05) is 55.7 Å². The molecule has 1 atom stereocenters. The predicted molar refractivity (Wildman–Crippen MR) is 118 cm³/mol. The fourth-order valence-electron chi connectivity index (χ4n) is 4.20. The lowest BCUT2D eigenvalue weighted by molar-refractivity contribution is 0.206. The first-order valence-electron chi connectivity index (χ1n) is 10.2. The van der Waals surface area contributed by atoms with Crippen molar-refractivity contribution in [3.05, 3.63) is 90.5 Å². The number of piperazine rings is 1. The molecule has 0 unspecified atom stereocenters. The average Bonchev–Trinajstić information content (AvgIpc) is 2.83. The van der Waals surface area contributed by atoms with Crippen LogP contribution < -0.4 is 4.90 Å². The van der Waals surface area contributed by atoms with Crippen molar-refractivity contribution in [2.75, 3.05) is 31.1 Å². The maximum Gasteiger partial charge on any atom is 0.146 e. The quantitative estimate of drug-likeness (QED) is 0.567. The molecule has 1 aromatic carbocycles. The van der Waals surface area contributed by atoms with Gasteiger partial charge in [0.25, 0.3) is 0 Å². The summed E-state index contributed by atoms with van der Waals surface area (Å²) in [7, 11) is 0. The van der Waals surface area contributed by atoms with Gasteiger partial charge in [-0.3, -0.25) is 14.9 Å². The minimum Gasteiger partial charge on any atom is -0.505 e. The molecule has 6 heteroatoms. The fraction of sp³-hybridized carbons (Fsp3) is 0.208. The molecule has 1 saturated heterocycles. The number of rotatable bonds is 4. The standard InChI is InChI=1S/C24H23N5O/c30-24-19(10-9-18-6-5-13-27-22(18)24)23(20-7-1-3-11-25-20)29-16-14-28(15-17-29)21-8-2-4-12-26-21/h1-13,23,30H,14-17H2/t23-/m0/s1. The molecule has 1 aliphatic heterocycles. The van der Waals surface area contributed by atoms with Crippen LogP contribution in [0.3, 0.4) is 0 Å². The van der Waals surface area contributed by atoms with Crippen molar-refractivity contribution in [2.45, 2.75) is 6.04 Å². The predicted octanol–water partition coefficient (Wildman–Crippen LogP) is 3.64. The summed E-state index contributed by atoms with van der Waals surface area (Å²) in [5.74, 6) is 1.24. The molecule has 150 valence electrons. The van der Waals surface area contributed by atoms with Crippen molar-refractivity contribution >= 4 is 16.7 Å². The zero-order valence-electron chi connectivity index (χ0n) is 16.6. The van der Waals surface area contributed by atoms with Gasteiger partial charge in [-0.25, -0.2) is 4.98 Å². The van der Waals surface area contributed by atoms with Gasteiger partial charge in [0.1, 0.15) is 17.1 Å². The van der Waals surface area contributed by atoms with Crippen LogP contribution in [0.15, 0.2) is 79.3 Å². The second kappa shape index (κ2) is 8.08. The Kier molecular flexibility index (Phi) is 4.99. The Morgan fingerprint density at radius 3 is 2.23 bits per heavy atom. The second-order valence-corrected chi connectivity index (χ2v) is 7.45. The van der Waals surface area contributed by atoms with Crippen LogP contribution in [0.4, 0.5) is 5.82 Å². The summed E-state index contributed by atoms with van der Waals surface area (Å²) in [5, 5.41) is 12.0. The smallest absolute Gasteiger partial charge is 0.146 e. The Bertz CT molecular complexity index is 1130. The molecule has 0 bridgehead atoms. The Balaban J connectivity index is 1.49. The molecule has 4 aromatic rings. The normalized spacial score (nSPS) is 15.9. The van der Waals surface area contributed by atoms with Crippen molar-refractivity contribution in [3.8, 4) is 5.75 Å². The van der Waals surface area contributed by atoms with E-state index in [0.717, 1.165) is 48.6 Å². The summed E-state index contributed by atoms with van der Waals surface area (Å²) in [6.07, 6.45) is 5.36. The number of pyridine rings is 3. The molecule has 1 fully saturated rings. The first-order valence-corrected chi connectivity index (χ1v) is 10.2. The molecule has 6 nitrogen and oxygen atoms in total. The van der Waals surface area contributed by atoms with E-state index in [1.807, 2.05) is 73.1 Å². The van der Waals surface area contributed by atoms with E-state index in [1.165, 1.54) is 0 Å². The third kappa shape index (κ3) is 3.46. The minimum atomic E-state index is -0.136. The zero-order valence-corrected chi connectivity index (χ0v) is 16.6. The zero-order chi connectivity index (χ0) is 20.3. The number of aromatic nitrogens is 3. The molecule has 0 spiro atoms. The number of nitrogens with zero attached hydrogens (tertiary/aromatic N) is 5. The molecule has 30 heavy (non-hydrogen) atoms. The van der Waals surface area contributed by atoms with Gasteiger partial charge in [-0.2, -0.15) is 0 Å². The average molecular weight is 397 g/mol. The number of phenols is 1. The molecule has 4 heterocycles. The molecule has 1 aliphatic rings. The van der Waals surface area contributed by atoms with Gasteiger partial charge in [-0.1, -0.05) is 30.3 Å². The van der Waals surface area contributed by atoms with E-state index >= 15 is 0 Å². The van der Waals surface area contributed by atoms with Gasteiger partial charge in [0.05, 0.1) is 11.7 Å². The highest BCUT2D eigenvalue weighted by atomic mass is 16.3. The number of hydrogen-bond donors (Lipinski definition) is 1.